The van der Waals surface area contributed by atoms with E-state index < -0.39 is 24.7 Å². The van der Waals surface area contributed by atoms with Crippen LogP contribution in [0, 0.1) is 13.8 Å². The van der Waals surface area contributed by atoms with Crippen molar-refractivity contribution in [2.45, 2.75) is 65.7 Å². The van der Waals surface area contributed by atoms with E-state index in [1.165, 1.54) is 17.8 Å². The Kier molecular flexibility index (Phi) is 13.8. The van der Waals surface area contributed by atoms with Gasteiger partial charge in [-0.1, -0.05) is 24.3 Å². The lowest BCUT2D eigenvalue weighted by molar-refractivity contribution is -0.150. The van der Waals surface area contributed by atoms with Gasteiger partial charge in [0.1, 0.15) is 5.75 Å². The van der Waals surface area contributed by atoms with Crippen LogP contribution in [0.1, 0.15) is 49.8 Å². The molecule has 0 aromatic heterocycles. The number of aryl methyl sites for hydroxylation is 2. The van der Waals surface area contributed by atoms with Gasteiger partial charge in [-0.3, -0.25) is 4.99 Å². The third-order valence-electron chi connectivity index (χ3n) is 5.20. The highest BCUT2D eigenvalue weighted by atomic mass is 32.2. The van der Waals surface area contributed by atoms with Gasteiger partial charge in [-0.15, -0.1) is 11.8 Å². The van der Waals surface area contributed by atoms with Gasteiger partial charge in [0.2, 0.25) is 0 Å². The molecule has 0 spiro atoms. The first-order valence-electron chi connectivity index (χ1n) is 11.5. The van der Waals surface area contributed by atoms with Gasteiger partial charge in [-0.2, -0.15) is 13.2 Å². The minimum absolute atomic E-state index is 0.295. The van der Waals surface area contributed by atoms with Gasteiger partial charge in [0.25, 0.3) is 0 Å². The molecule has 0 saturated carbocycles. The molecule has 0 fully saturated rings. The fourth-order valence-electron chi connectivity index (χ4n) is 3.26. The van der Waals surface area contributed by atoms with E-state index in [0.717, 1.165) is 45.6 Å². The van der Waals surface area contributed by atoms with Crippen molar-refractivity contribution < 1.29 is 32.5 Å². The van der Waals surface area contributed by atoms with E-state index in [1.54, 1.807) is 19.9 Å². The van der Waals surface area contributed by atoms with Crippen LogP contribution in [0.2, 0.25) is 0 Å². The maximum atomic E-state index is 12.3. The second-order valence-corrected chi connectivity index (χ2v) is 8.86. The summed E-state index contributed by atoms with van der Waals surface area (Å²) in [7, 11) is 0. The molecule has 5 nitrogen and oxygen atoms in total. The monoisotopic (exact) mass is 515 g/mol. The summed E-state index contributed by atoms with van der Waals surface area (Å²) < 4.78 is 48.2. The number of aliphatic carboxylic acids is 1. The Morgan fingerprint density at radius 3 is 2.54 bits per heavy atom. The van der Waals surface area contributed by atoms with Crippen LogP contribution in [-0.4, -0.2) is 54.4 Å². The topological polar surface area (TPSA) is 68.1 Å². The predicted molar refractivity (Wildman–Crippen MR) is 137 cm³/mol. The molecule has 1 rings (SSSR count). The summed E-state index contributed by atoms with van der Waals surface area (Å²) in [6.07, 6.45) is 1.98. The third kappa shape index (κ3) is 12.3. The molecule has 0 aliphatic heterocycles. The van der Waals surface area contributed by atoms with Crippen LogP contribution in [0.3, 0.4) is 0 Å². The minimum atomic E-state index is -4.20. The first-order valence-corrected chi connectivity index (χ1v) is 12.8. The van der Waals surface area contributed by atoms with Gasteiger partial charge in [-0.05, 0) is 75.1 Å². The lowest BCUT2D eigenvalue weighted by Gasteiger charge is -2.17. The van der Waals surface area contributed by atoms with Crippen LogP contribution in [0.5, 0.6) is 5.75 Å². The Morgan fingerprint density at radius 2 is 1.97 bits per heavy atom. The number of carboxylic acid groups (broad SMARTS) is 1. The Hall–Kier alpha value is -2.26. The van der Waals surface area contributed by atoms with E-state index in [9.17, 15) is 23.1 Å². The Balaban J connectivity index is 2.63. The van der Waals surface area contributed by atoms with Crippen LogP contribution >= 0.6 is 11.8 Å². The zero-order valence-electron chi connectivity index (χ0n) is 21.1. The number of aliphatic imine (C=N–C) groups is 1. The second kappa shape index (κ2) is 15.7. The van der Waals surface area contributed by atoms with E-state index in [2.05, 4.69) is 4.99 Å². The summed E-state index contributed by atoms with van der Waals surface area (Å²) >= 11 is 1.52. The van der Waals surface area contributed by atoms with Gasteiger partial charge in [0.05, 0.1) is 24.6 Å². The first-order chi connectivity index (χ1) is 16.5. The maximum absolute atomic E-state index is 12.3. The Morgan fingerprint density at radius 1 is 1.26 bits per heavy atom. The molecule has 1 aromatic carbocycles. The highest BCUT2D eigenvalue weighted by Gasteiger charge is 2.24. The van der Waals surface area contributed by atoms with Crippen LogP contribution < -0.4 is 4.74 Å². The third-order valence-corrected chi connectivity index (χ3v) is 6.00. The lowest BCUT2D eigenvalue weighted by Crippen LogP contribution is -2.26. The normalized spacial score (nSPS) is 13.9. The molecule has 1 N–H and O–H groups in total. The Bertz CT molecular complexity index is 911. The summed E-state index contributed by atoms with van der Waals surface area (Å²) in [4.78, 5) is 15.9. The quantitative estimate of drug-likeness (QED) is 0.129. The van der Waals surface area contributed by atoms with Crippen LogP contribution in [0.15, 0.2) is 40.9 Å². The van der Waals surface area contributed by atoms with Gasteiger partial charge in [-0.25, -0.2) is 4.79 Å². The molecule has 35 heavy (non-hydrogen) atoms. The van der Waals surface area contributed by atoms with Crippen LogP contribution in [0.4, 0.5) is 13.2 Å². The van der Waals surface area contributed by atoms with Crippen LogP contribution in [0.25, 0.3) is 0 Å². The second-order valence-electron chi connectivity index (χ2n) is 7.98. The molecular weight excluding hydrogens is 479 g/mol. The van der Waals surface area contributed by atoms with Crippen LogP contribution in [-0.2, 0) is 16.0 Å². The van der Waals surface area contributed by atoms with Gasteiger partial charge in [0, 0.05) is 13.0 Å². The number of hydrogen-bond acceptors (Lipinski definition) is 5. The number of hydrogen-bond donors (Lipinski definition) is 1. The average Bonchev–Trinajstić information content (AvgIpc) is 2.78. The number of halogens is 3. The summed E-state index contributed by atoms with van der Waals surface area (Å²) in [5.74, 6) is -0.224. The van der Waals surface area contributed by atoms with E-state index in [4.69, 9.17) is 9.47 Å². The van der Waals surface area contributed by atoms with Crippen molar-refractivity contribution in [2.75, 3.05) is 26.0 Å². The minimum Gasteiger partial charge on any atom is -0.493 e. The average molecular weight is 516 g/mol. The van der Waals surface area contributed by atoms with Crippen molar-refractivity contribution in [3.8, 4) is 5.75 Å². The number of thioether (sulfide) groups is 1. The molecule has 0 bridgehead atoms. The maximum Gasteiger partial charge on any atom is 0.392 e. The molecule has 0 amide bonds. The molecule has 1 unspecified atom stereocenters. The zero-order valence-corrected chi connectivity index (χ0v) is 21.9. The summed E-state index contributed by atoms with van der Waals surface area (Å²) in [5, 5.41) is 10.2. The van der Waals surface area contributed by atoms with Crippen molar-refractivity contribution in [1.29, 1.82) is 0 Å². The van der Waals surface area contributed by atoms with Crippen molar-refractivity contribution in [3.63, 3.8) is 0 Å². The number of carboxylic acids is 1. The standard InChI is InChI=1S/C26H36F3NO4S/c1-6-20(10-8-12-26(27,28)29)17-30-24(35-5)11-9-13-34-22-15-18(3)21(14-19(22)4)16-23(25(31)32)33-7-2/h6,8,10,14-15,23H,7,9,11-13,16-17H2,1-5H3,(H,31,32)/b10-8-,20-6+,30-24?. The van der Waals surface area contributed by atoms with Crippen molar-refractivity contribution >= 4 is 22.8 Å². The Labute approximate surface area is 210 Å². The van der Waals surface area contributed by atoms with Crippen molar-refractivity contribution in [2.24, 2.45) is 4.99 Å². The highest BCUT2D eigenvalue weighted by molar-refractivity contribution is 8.13. The van der Waals surface area contributed by atoms with E-state index >= 15 is 0 Å². The van der Waals surface area contributed by atoms with Gasteiger partial charge >= 0.3 is 12.1 Å². The number of ether oxygens (including phenoxy) is 2. The summed E-state index contributed by atoms with van der Waals surface area (Å²) in [6, 6.07) is 3.87. The molecule has 0 aliphatic rings. The number of alkyl halides is 3. The van der Waals surface area contributed by atoms with Gasteiger partial charge < -0.3 is 14.6 Å². The zero-order chi connectivity index (χ0) is 26.4. The SMILES string of the molecule is C/C=C(\C=C/CC(F)(F)F)CN=C(CCCOc1cc(C)c(CC(OCC)C(=O)O)cc1C)SC. The number of benzene rings is 1. The number of nitrogens with zero attached hydrogens (tertiary/aromatic N) is 1. The predicted octanol–water partition coefficient (Wildman–Crippen LogP) is 6.71. The van der Waals surface area contributed by atoms with Crippen molar-refractivity contribution in [1.82, 2.24) is 0 Å². The van der Waals surface area contributed by atoms with Crippen molar-refractivity contribution in [3.05, 3.63) is 52.6 Å². The molecule has 9 heteroatoms. The summed E-state index contributed by atoms with van der Waals surface area (Å²) in [6.45, 7) is 8.55. The molecular formula is C26H36F3NO4S. The fourth-order valence-corrected chi connectivity index (χ4v) is 3.80. The molecule has 1 aromatic rings. The number of allylic oxidation sites excluding steroid dienone is 2. The molecule has 1 atom stereocenters. The molecule has 0 aliphatic carbocycles. The number of carbonyl (C=O) groups is 1. The molecule has 196 valence electrons. The fraction of sp³-hybridized carbons (Fsp3) is 0.538. The number of rotatable bonds is 14. The molecule has 0 heterocycles. The van der Waals surface area contributed by atoms with E-state index in [-0.39, 0.29) is 0 Å². The first kappa shape index (κ1) is 30.8. The largest absolute Gasteiger partial charge is 0.493 e. The summed E-state index contributed by atoms with van der Waals surface area (Å²) in [5.41, 5.74) is 3.52. The van der Waals surface area contributed by atoms with E-state index in [0.29, 0.717) is 32.6 Å². The molecule has 0 saturated heterocycles. The molecule has 0 radical (unpaired) electrons. The smallest absolute Gasteiger partial charge is 0.392 e. The van der Waals surface area contributed by atoms with Gasteiger partial charge in [0.15, 0.2) is 6.10 Å². The lowest BCUT2D eigenvalue weighted by atomic mass is 9.99. The van der Waals surface area contributed by atoms with E-state index in [1.807, 2.05) is 32.2 Å². The highest BCUT2D eigenvalue weighted by Crippen LogP contribution is 2.25.